The van der Waals surface area contributed by atoms with E-state index in [4.69, 9.17) is 4.74 Å². The van der Waals surface area contributed by atoms with Crippen molar-refractivity contribution in [2.75, 3.05) is 26.4 Å². The summed E-state index contributed by atoms with van der Waals surface area (Å²) in [4.78, 5) is 15.9. The Labute approximate surface area is 199 Å². The summed E-state index contributed by atoms with van der Waals surface area (Å²) in [5.74, 6) is -0.161. The van der Waals surface area contributed by atoms with Crippen LogP contribution in [0.2, 0.25) is 0 Å². The van der Waals surface area contributed by atoms with Gasteiger partial charge < -0.3 is 19.3 Å². The number of carbonyl (C=O) groups is 1. The van der Waals surface area contributed by atoms with Crippen LogP contribution in [0, 0.1) is 5.41 Å². The summed E-state index contributed by atoms with van der Waals surface area (Å²) in [5, 5.41) is 12.2. The van der Waals surface area contributed by atoms with Crippen molar-refractivity contribution in [2.45, 2.75) is 59.2 Å². The second kappa shape index (κ2) is 11.5. The summed E-state index contributed by atoms with van der Waals surface area (Å²) in [5.41, 5.74) is -1.24. The van der Waals surface area contributed by atoms with Gasteiger partial charge in [-0.25, -0.2) is 0 Å². The zero-order valence-corrected chi connectivity index (χ0v) is 21.8. The van der Waals surface area contributed by atoms with E-state index in [1.165, 1.54) is 0 Å². The van der Waals surface area contributed by atoms with E-state index in [9.17, 15) is 14.5 Å². The molecule has 2 aromatic carbocycles. The molecule has 0 N–H and O–H groups in total. The van der Waals surface area contributed by atoms with Gasteiger partial charge in [-0.2, -0.15) is 0 Å². The molecule has 0 bridgehead atoms. The van der Waals surface area contributed by atoms with E-state index in [0.717, 1.165) is 6.42 Å². The quantitative estimate of drug-likeness (QED) is 0.368. The van der Waals surface area contributed by atoms with Gasteiger partial charge >= 0.3 is 0 Å². The van der Waals surface area contributed by atoms with Gasteiger partial charge in [0.05, 0.1) is 12.3 Å². The highest BCUT2D eigenvalue weighted by Gasteiger charge is 2.43. The largest absolute Gasteiger partial charge is 0.853 e. The molecule has 1 atom stereocenters. The molecular formula is C27H39NO4P-. The number of amides is 1. The van der Waals surface area contributed by atoms with E-state index in [2.05, 4.69) is 20.8 Å². The molecule has 0 radical (unpaired) electrons. The molecule has 0 aliphatic carbocycles. The first-order valence-electron chi connectivity index (χ1n) is 11.6. The van der Waals surface area contributed by atoms with Crippen LogP contribution in [0.15, 0.2) is 60.7 Å². The predicted octanol–water partition coefficient (Wildman–Crippen LogP) is 3.81. The summed E-state index contributed by atoms with van der Waals surface area (Å²) in [6, 6.07) is 18.6. The molecule has 2 aromatic rings. The normalized spacial score (nSPS) is 13.5. The van der Waals surface area contributed by atoms with Crippen LogP contribution in [-0.4, -0.2) is 48.4 Å². The number of benzene rings is 2. The van der Waals surface area contributed by atoms with Gasteiger partial charge in [0.25, 0.3) is 0 Å². The lowest BCUT2D eigenvalue weighted by Gasteiger charge is -2.44. The Bertz CT molecular complexity index is 879. The van der Waals surface area contributed by atoms with Crippen LogP contribution < -0.4 is 15.7 Å². The number of carbonyl (C=O) groups excluding carboxylic acids is 1. The van der Waals surface area contributed by atoms with Gasteiger partial charge in [-0.1, -0.05) is 81.4 Å². The van der Waals surface area contributed by atoms with Crippen LogP contribution in [0.3, 0.4) is 0 Å². The second-order valence-electron chi connectivity index (χ2n) is 10.4. The van der Waals surface area contributed by atoms with Crippen LogP contribution in [0.25, 0.3) is 0 Å². The van der Waals surface area contributed by atoms with Gasteiger partial charge in [0, 0.05) is 29.3 Å². The summed E-state index contributed by atoms with van der Waals surface area (Å²) < 4.78 is 20.2. The van der Waals surface area contributed by atoms with Crippen molar-refractivity contribution >= 4 is 23.7 Å². The van der Waals surface area contributed by atoms with Gasteiger partial charge in [-0.3, -0.25) is 4.79 Å². The predicted molar refractivity (Wildman–Crippen MR) is 135 cm³/mol. The molecule has 0 saturated heterocycles. The summed E-state index contributed by atoms with van der Waals surface area (Å²) in [6.45, 7) is 12.7. The third-order valence-corrected chi connectivity index (χ3v) is 9.27. The van der Waals surface area contributed by atoms with Gasteiger partial charge in [-0.05, 0) is 32.6 Å². The van der Waals surface area contributed by atoms with Crippen LogP contribution >= 0.6 is 7.14 Å². The molecule has 0 fully saturated rings. The van der Waals surface area contributed by atoms with Gasteiger partial charge in [-0.15, -0.1) is 6.61 Å². The second-order valence-corrected chi connectivity index (χ2v) is 13.5. The molecular weight excluding hydrogens is 433 g/mol. The van der Waals surface area contributed by atoms with Crippen molar-refractivity contribution in [2.24, 2.45) is 5.41 Å². The Morgan fingerprint density at radius 3 is 1.85 bits per heavy atom. The van der Waals surface area contributed by atoms with Crippen LogP contribution in [0.5, 0.6) is 0 Å². The van der Waals surface area contributed by atoms with Gasteiger partial charge in [0.15, 0.2) is 7.14 Å². The maximum Gasteiger partial charge on any atom is 0.233 e. The fourth-order valence-electron chi connectivity index (χ4n) is 4.70. The zero-order valence-electron chi connectivity index (χ0n) is 20.9. The van der Waals surface area contributed by atoms with Crippen molar-refractivity contribution in [3.8, 4) is 0 Å². The summed E-state index contributed by atoms with van der Waals surface area (Å²) in [6.07, 6.45) is 0.765. The molecule has 0 saturated carbocycles. The molecule has 2 rings (SSSR count). The maximum atomic E-state index is 14.7. The van der Waals surface area contributed by atoms with Crippen molar-refractivity contribution in [3.05, 3.63) is 60.7 Å². The Morgan fingerprint density at radius 1 is 0.939 bits per heavy atom. The molecule has 33 heavy (non-hydrogen) atoms. The van der Waals surface area contributed by atoms with E-state index in [1.807, 2.05) is 79.4 Å². The minimum absolute atomic E-state index is 0.0102. The molecule has 0 spiro atoms. The number of nitrogens with zero attached hydrogens (tertiary/aromatic N) is 1. The van der Waals surface area contributed by atoms with Crippen molar-refractivity contribution in [1.82, 2.24) is 4.90 Å². The fraction of sp³-hybridized carbons (Fsp3) is 0.519. The van der Waals surface area contributed by atoms with Crippen molar-refractivity contribution in [3.63, 3.8) is 0 Å². The highest BCUT2D eigenvalue weighted by Crippen LogP contribution is 2.49. The topological polar surface area (TPSA) is 69.7 Å². The third kappa shape index (κ3) is 7.02. The standard InChI is InChI=1S/C27H39NO4P/c1-22(33(31,23-13-9-7-10-14-23)24-15-11-8-12-16-24)25(30)28(17-19-32-20-18-29)27(5,6)21-26(2,3)4/h7-16,22H,17-21H2,1-6H3/q-1. The third-order valence-electron chi connectivity index (χ3n) is 5.83. The maximum absolute atomic E-state index is 14.7. The van der Waals surface area contributed by atoms with E-state index in [1.54, 1.807) is 6.92 Å². The molecule has 1 unspecified atom stereocenters. The van der Waals surface area contributed by atoms with Crippen molar-refractivity contribution < 1.29 is 19.2 Å². The summed E-state index contributed by atoms with van der Waals surface area (Å²) >= 11 is 0. The summed E-state index contributed by atoms with van der Waals surface area (Å²) in [7, 11) is -3.27. The average Bonchev–Trinajstić information content (AvgIpc) is 2.77. The Morgan fingerprint density at radius 2 is 1.42 bits per heavy atom. The number of ether oxygens (including phenoxy) is 1. The van der Waals surface area contributed by atoms with E-state index in [-0.39, 0.29) is 31.1 Å². The van der Waals surface area contributed by atoms with E-state index >= 15 is 0 Å². The molecule has 6 heteroatoms. The van der Waals surface area contributed by atoms with E-state index < -0.39 is 18.3 Å². The molecule has 0 aromatic heterocycles. The molecule has 1 amide bonds. The minimum Gasteiger partial charge on any atom is -0.853 e. The van der Waals surface area contributed by atoms with Gasteiger partial charge in [0.2, 0.25) is 5.91 Å². The molecule has 0 aliphatic rings. The first kappa shape index (κ1) is 27.3. The first-order chi connectivity index (χ1) is 15.4. The Balaban J connectivity index is 2.50. The monoisotopic (exact) mass is 472 g/mol. The molecule has 5 nitrogen and oxygen atoms in total. The van der Waals surface area contributed by atoms with Crippen LogP contribution in [0.1, 0.15) is 48.0 Å². The fourth-order valence-corrected chi connectivity index (χ4v) is 7.57. The Hall–Kier alpha value is -1.94. The smallest absolute Gasteiger partial charge is 0.233 e. The average molecular weight is 473 g/mol. The lowest BCUT2D eigenvalue weighted by Crippen LogP contribution is -2.54. The number of hydrogen-bond acceptors (Lipinski definition) is 4. The van der Waals surface area contributed by atoms with Gasteiger partial charge in [0.1, 0.15) is 0 Å². The SMILES string of the molecule is CC(C(=O)N(CCOCC[O-])C(C)(C)CC(C)(C)C)P(=O)(c1ccccc1)c1ccccc1. The van der Waals surface area contributed by atoms with Crippen molar-refractivity contribution in [1.29, 1.82) is 0 Å². The Kier molecular flexibility index (Phi) is 9.48. The minimum atomic E-state index is -3.27. The highest BCUT2D eigenvalue weighted by molar-refractivity contribution is 7.80. The molecule has 0 heterocycles. The first-order valence-corrected chi connectivity index (χ1v) is 13.4. The number of rotatable bonds is 11. The lowest BCUT2D eigenvalue weighted by molar-refractivity contribution is -0.374. The highest BCUT2D eigenvalue weighted by atomic mass is 31.2. The lowest BCUT2D eigenvalue weighted by atomic mass is 9.80. The number of hydrogen-bond donors (Lipinski definition) is 0. The zero-order chi connectivity index (χ0) is 24.7. The van der Waals surface area contributed by atoms with Crippen LogP contribution in [0.4, 0.5) is 0 Å². The molecule has 182 valence electrons. The van der Waals surface area contributed by atoms with E-state index in [0.29, 0.717) is 17.2 Å². The van der Waals surface area contributed by atoms with Crippen LogP contribution in [-0.2, 0) is 14.1 Å². The molecule has 0 aliphatic heterocycles.